The van der Waals surface area contributed by atoms with E-state index in [0.29, 0.717) is 6.04 Å². The van der Waals surface area contributed by atoms with Gasteiger partial charge in [-0.05, 0) is 26.5 Å². The van der Waals surface area contributed by atoms with Gasteiger partial charge in [0, 0.05) is 30.7 Å². The molecule has 2 atom stereocenters. The number of rotatable bonds is 3. The molecule has 2 nitrogen and oxygen atoms in total. The third-order valence-electron chi connectivity index (χ3n) is 3.53. The monoisotopic (exact) mass is 222 g/mol. The third kappa shape index (κ3) is 2.25. The van der Waals surface area contributed by atoms with Gasteiger partial charge in [0.25, 0.3) is 0 Å². The fourth-order valence-electron chi connectivity index (χ4n) is 2.39. The van der Waals surface area contributed by atoms with Gasteiger partial charge < -0.3 is 5.32 Å². The molecular weight excluding hydrogens is 203 g/mol. The lowest BCUT2D eigenvalue weighted by molar-refractivity contribution is 0.252. The number of hydrogen-bond donors (Lipinski definition) is 1. The van der Waals surface area contributed by atoms with Crippen LogP contribution in [-0.2, 0) is 0 Å². The van der Waals surface area contributed by atoms with Crippen molar-refractivity contribution in [3.8, 4) is 0 Å². The van der Waals surface area contributed by atoms with Gasteiger partial charge in [0.05, 0.1) is 0 Å². The van der Waals surface area contributed by atoms with Crippen molar-refractivity contribution in [1.82, 2.24) is 10.2 Å². The van der Waals surface area contributed by atoms with E-state index in [-0.39, 0.29) is 11.9 Å². The smallest absolute Gasteiger partial charge is 0.127 e. The number of likely N-dealkylation sites (N-methyl/N-ethyl adjacent to an activating group) is 1. The van der Waals surface area contributed by atoms with E-state index in [9.17, 15) is 4.39 Å². The molecule has 1 heterocycles. The van der Waals surface area contributed by atoms with Crippen LogP contribution in [0.4, 0.5) is 4.39 Å². The summed E-state index contributed by atoms with van der Waals surface area (Å²) in [5.41, 5.74) is 0.805. The highest BCUT2D eigenvalue weighted by atomic mass is 19.1. The zero-order valence-corrected chi connectivity index (χ0v) is 9.91. The van der Waals surface area contributed by atoms with Crippen LogP contribution in [0.25, 0.3) is 0 Å². The molecule has 16 heavy (non-hydrogen) atoms. The molecule has 0 aliphatic carbocycles. The van der Waals surface area contributed by atoms with Crippen LogP contribution in [0.5, 0.6) is 0 Å². The standard InChI is InChI=1S/C13H19FN2/c1-10(12-5-3-4-6-13(12)14)16-8-7-11(9-16)15-2/h3-6,10-11,15H,7-9H2,1-2H3. The SMILES string of the molecule is CNC1CCN(C(C)c2ccccc2F)C1. The molecule has 0 radical (unpaired) electrons. The van der Waals surface area contributed by atoms with Crippen molar-refractivity contribution in [2.45, 2.75) is 25.4 Å². The predicted molar refractivity (Wildman–Crippen MR) is 63.9 cm³/mol. The molecule has 0 amide bonds. The zero-order chi connectivity index (χ0) is 11.5. The lowest BCUT2D eigenvalue weighted by atomic mass is 10.1. The minimum absolute atomic E-state index is 0.0945. The molecule has 1 aromatic carbocycles. The average Bonchev–Trinajstić information content (AvgIpc) is 2.77. The molecule has 1 aliphatic rings. The van der Waals surface area contributed by atoms with E-state index in [2.05, 4.69) is 17.1 Å². The normalized spacial score (nSPS) is 23.6. The maximum atomic E-state index is 13.6. The molecule has 1 aliphatic heterocycles. The van der Waals surface area contributed by atoms with Gasteiger partial charge in [0.2, 0.25) is 0 Å². The maximum absolute atomic E-state index is 13.6. The summed E-state index contributed by atoms with van der Waals surface area (Å²) in [4.78, 5) is 2.33. The Morgan fingerprint density at radius 3 is 2.81 bits per heavy atom. The minimum Gasteiger partial charge on any atom is -0.316 e. The van der Waals surface area contributed by atoms with Gasteiger partial charge in [-0.3, -0.25) is 4.90 Å². The van der Waals surface area contributed by atoms with E-state index < -0.39 is 0 Å². The average molecular weight is 222 g/mol. The summed E-state index contributed by atoms with van der Waals surface area (Å²) in [6.07, 6.45) is 1.15. The quantitative estimate of drug-likeness (QED) is 0.843. The first kappa shape index (κ1) is 11.6. The lowest BCUT2D eigenvalue weighted by Crippen LogP contribution is -2.31. The van der Waals surface area contributed by atoms with Crippen molar-refractivity contribution < 1.29 is 4.39 Å². The van der Waals surface area contributed by atoms with Crippen molar-refractivity contribution in [3.63, 3.8) is 0 Å². The van der Waals surface area contributed by atoms with E-state index in [1.165, 1.54) is 6.07 Å². The van der Waals surface area contributed by atoms with E-state index >= 15 is 0 Å². The van der Waals surface area contributed by atoms with Crippen molar-refractivity contribution in [1.29, 1.82) is 0 Å². The summed E-state index contributed by atoms with van der Waals surface area (Å²) in [7, 11) is 1.99. The summed E-state index contributed by atoms with van der Waals surface area (Å²) in [6.45, 7) is 4.13. The molecule has 0 aromatic heterocycles. The van der Waals surface area contributed by atoms with Gasteiger partial charge in [0.15, 0.2) is 0 Å². The summed E-state index contributed by atoms with van der Waals surface area (Å²) in [5.74, 6) is -0.0945. The number of hydrogen-bond acceptors (Lipinski definition) is 2. The van der Waals surface area contributed by atoms with Gasteiger partial charge in [0.1, 0.15) is 5.82 Å². The Hall–Kier alpha value is -0.930. The molecule has 0 spiro atoms. The van der Waals surface area contributed by atoms with Crippen LogP contribution in [0.3, 0.4) is 0 Å². The number of nitrogens with one attached hydrogen (secondary N) is 1. The van der Waals surface area contributed by atoms with Crippen LogP contribution in [0, 0.1) is 5.82 Å². The fraction of sp³-hybridized carbons (Fsp3) is 0.538. The van der Waals surface area contributed by atoms with Crippen LogP contribution in [0.1, 0.15) is 24.9 Å². The van der Waals surface area contributed by atoms with E-state index in [1.807, 2.05) is 19.2 Å². The molecule has 1 N–H and O–H groups in total. The molecule has 1 saturated heterocycles. The van der Waals surface area contributed by atoms with E-state index in [1.54, 1.807) is 6.07 Å². The summed E-state index contributed by atoms with van der Waals surface area (Å²) in [5, 5.41) is 3.28. The third-order valence-corrected chi connectivity index (χ3v) is 3.53. The molecule has 0 bridgehead atoms. The van der Waals surface area contributed by atoms with Gasteiger partial charge in [-0.15, -0.1) is 0 Å². The second kappa shape index (κ2) is 4.93. The first-order valence-electron chi connectivity index (χ1n) is 5.88. The summed E-state index contributed by atoms with van der Waals surface area (Å²) >= 11 is 0. The Bertz CT molecular complexity index is 354. The van der Waals surface area contributed by atoms with Crippen molar-refractivity contribution in [2.24, 2.45) is 0 Å². The molecule has 1 aromatic rings. The number of benzene rings is 1. The lowest BCUT2D eigenvalue weighted by Gasteiger charge is -2.25. The minimum atomic E-state index is -0.0945. The predicted octanol–water partition coefficient (Wildman–Crippen LogP) is 2.18. The van der Waals surface area contributed by atoms with Crippen LogP contribution >= 0.6 is 0 Å². The van der Waals surface area contributed by atoms with Gasteiger partial charge in [-0.2, -0.15) is 0 Å². The molecule has 2 unspecified atom stereocenters. The van der Waals surface area contributed by atoms with Crippen molar-refractivity contribution in [2.75, 3.05) is 20.1 Å². The topological polar surface area (TPSA) is 15.3 Å². The van der Waals surface area contributed by atoms with Gasteiger partial charge >= 0.3 is 0 Å². The second-order valence-electron chi connectivity index (χ2n) is 4.47. The molecule has 2 rings (SSSR count). The number of nitrogens with zero attached hydrogens (tertiary/aromatic N) is 1. The number of halogens is 1. The highest BCUT2D eigenvalue weighted by Crippen LogP contribution is 2.26. The van der Waals surface area contributed by atoms with Gasteiger partial charge in [-0.1, -0.05) is 18.2 Å². The van der Waals surface area contributed by atoms with Gasteiger partial charge in [-0.25, -0.2) is 4.39 Å². The first-order chi connectivity index (χ1) is 7.72. The van der Waals surface area contributed by atoms with E-state index in [4.69, 9.17) is 0 Å². The van der Waals surface area contributed by atoms with Crippen molar-refractivity contribution >= 4 is 0 Å². The zero-order valence-electron chi connectivity index (χ0n) is 9.91. The van der Waals surface area contributed by atoms with Crippen LogP contribution in [0.2, 0.25) is 0 Å². The Kier molecular flexibility index (Phi) is 3.56. The molecule has 1 fully saturated rings. The molecule has 0 saturated carbocycles. The molecule has 3 heteroatoms. The van der Waals surface area contributed by atoms with Crippen LogP contribution in [-0.4, -0.2) is 31.1 Å². The second-order valence-corrected chi connectivity index (χ2v) is 4.47. The summed E-state index contributed by atoms with van der Waals surface area (Å²) in [6, 6.07) is 7.78. The summed E-state index contributed by atoms with van der Waals surface area (Å²) < 4.78 is 13.6. The maximum Gasteiger partial charge on any atom is 0.127 e. The largest absolute Gasteiger partial charge is 0.316 e. The Morgan fingerprint density at radius 1 is 1.44 bits per heavy atom. The Morgan fingerprint density at radius 2 is 2.19 bits per heavy atom. The number of likely N-dealkylation sites (tertiary alicyclic amines) is 1. The molecular formula is C13H19FN2. The van der Waals surface area contributed by atoms with Crippen LogP contribution < -0.4 is 5.32 Å². The fourth-order valence-corrected chi connectivity index (χ4v) is 2.39. The molecule has 88 valence electrons. The Balaban J connectivity index is 2.08. The highest BCUT2D eigenvalue weighted by Gasteiger charge is 2.26. The first-order valence-corrected chi connectivity index (χ1v) is 5.88. The highest BCUT2D eigenvalue weighted by molar-refractivity contribution is 5.21. The Labute approximate surface area is 96.5 Å². The van der Waals surface area contributed by atoms with E-state index in [0.717, 1.165) is 25.1 Å². The van der Waals surface area contributed by atoms with Crippen LogP contribution in [0.15, 0.2) is 24.3 Å². The van der Waals surface area contributed by atoms with Crippen molar-refractivity contribution in [3.05, 3.63) is 35.6 Å².